The molecule has 1 aromatic rings. The second kappa shape index (κ2) is 2.76. The normalized spacial score (nSPS) is 36.9. The molecule has 0 spiro atoms. The molecule has 0 aromatic carbocycles. The molecule has 76 valence electrons. The minimum Gasteiger partial charge on any atom is -0.321 e. The summed E-state index contributed by atoms with van der Waals surface area (Å²) in [5.74, 6) is 3.36. The Kier molecular flexibility index (Phi) is 1.65. The number of aryl methyl sites for hydroxylation is 1. The Morgan fingerprint density at radius 1 is 1.36 bits per heavy atom. The highest BCUT2D eigenvalue weighted by molar-refractivity contribution is 5.03. The van der Waals surface area contributed by atoms with Crippen molar-refractivity contribution >= 4 is 0 Å². The molecular weight excluding hydrogens is 178 g/mol. The molecule has 2 aliphatic carbocycles. The zero-order chi connectivity index (χ0) is 9.71. The van der Waals surface area contributed by atoms with E-state index in [1.165, 1.54) is 19.3 Å². The highest BCUT2D eigenvalue weighted by Gasteiger charge is 2.48. The number of hydrogen-bond donors (Lipinski definition) is 1. The predicted molar refractivity (Wildman–Crippen MR) is 50.0 cm³/mol. The van der Waals surface area contributed by atoms with Gasteiger partial charge in [0.15, 0.2) is 5.82 Å². The third-order valence-corrected chi connectivity index (χ3v) is 3.74. The lowest BCUT2D eigenvalue weighted by molar-refractivity contribution is 0.381. The smallest absolute Gasteiger partial charge is 0.168 e. The van der Waals surface area contributed by atoms with Crippen LogP contribution in [0.5, 0.6) is 0 Å². The summed E-state index contributed by atoms with van der Waals surface area (Å²) in [6.45, 7) is 0. The van der Waals surface area contributed by atoms with Gasteiger partial charge in [-0.05, 0) is 47.4 Å². The van der Waals surface area contributed by atoms with Gasteiger partial charge in [0.1, 0.15) is 0 Å². The van der Waals surface area contributed by atoms with Gasteiger partial charge in [-0.3, -0.25) is 0 Å². The number of fused-ring (bicyclic) bond motifs is 1. The van der Waals surface area contributed by atoms with Crippen molar-refractivity contribution in [2.45, 2.75) is 25.3 Å². The molecule has 2 aliphatic rings. The molecule has 5 heteroatoms. The minimum atomic E-state index is 0.0304. The van der Waals surface area contributed by atoms with Crippen molar-refractivity contribution in [2.75, 3.05) is 0 Å². The van der Waals surface area contributed by atoms with Crippen molar-refractivity contribution in [3.63, 3.8) is 0 Å². The minimum absolute atomic E-state index is 0.0304. The van der Waals surface area contributed by atoms with E-state index in [9.17, 15) is 0 Å². The molecule has 1 aromatic heterocycles. The first-order valence-corrected chi connectivity index (χ1v) is 5.23. The van der Waals surface area contributed by atoms with Crippen molar-refractivity contribution in [2.24, 2.45) is 30.5 Å². The first-order valence-electron chi connectivity index (χ1n) is 5.23. The van der Waals surface area contributed by atoms with E-state index in [2.05, 4.69) is 15.5 Å². The van der Waals surface area contributed by atoms with Gasteiger partial charge in [-0.2, -0.15) is 0 Å². The molecule has 0 radical (unpaired) electrons. The second-order valence-electron chi connectivity index (χ2n) is 4.67. The number of tetrazole rings is 1. The van der Waals surface area contributed by atoms with E-state index in [0.717, 1.165) is 17.7 Å². The van der Waals surface area contributed by atoms with Crippen molar-refractivity contribution in [1.82, 2.24) is 20.2 Å². The lowest BCUT2D eigenvalue weighted by Gasteiger charge is -2.18. The summed E-state index contributed by atoms with van der Waals surface area (Å²) >= 11 is 0. The number of nitrogens with two attached hydrogens (primary N) is 1. The Hall–Kier alpha value is -0.970. The summed E-state index contributed by atoms with van der Waals surface area (Å²) in [5, 5.41) is 11.4. The molecule has 14 heavy (non-hydrogen) atoms. The van der Waals surface area contributed by atoms with Crippen LogP contribution in [0.1, 0.15) is 31.1 Å². The van der Waals surface area contributed by atoms with Crippen LogP contribution in [-0.4, -0.2) is 20.2 Å². The standard InChI is InChI=1S/C9H15N5/c1-14-9(11-12-13-14)8(10)7-3-5-2-6(5)4-7/h5-8H,2-4,10H2,1H3. The molecule has 1 heterocycles. The van der Waals surface area contributed by atoms with Gasteiger partial charge in [0.25, 0.3) is 0 Å². The molecule has 3 unspecified atom stereocenters. The fourth-order valence-electron chi connectivity index (χ4n) is 2.78. The monoisotopic (exact) mass is 193 g/mol. The first kappa shape index (κ1) is 8.35. The van der Waals surface area contributed by atoms with Crippen molar-refractivity contribution < 1.29 is 0 Å². The number of nitrogens with zero attached hydrogens (tertiary/aromatic N) is 4. The maximum Gasteiger partial charge on any atom is 0.168 e. The summed E-state index contributed by atoms with van der Waals surface area (Å²) in [7, 11) is 1.85. The SMILES string of the molecule is Cn1nnnc1C(N)C1CC2CC2C1. The Balaban J connectivity index is 1.76. The van der Waals surface area contributed by atoms with Gasteiger partial charge in [0.2, 0.25) is 0 Å². The highest BCUT2D eigenvalue weighted by atomic mass is 15.5. The summed E-state index contributed by atoms with van der Waals surface area (Å²) in [6, 6.07) is 0.0304. The van der Waals surface area contributed by atoms with Crippen LogP contribution in [-0.2, 0) is 7.05 Å². The fraction of sp³-hybridized carbons (Fsp3) is 0.889. The average molecular weight is 193 g/mol. The lowest BCUT2D eigenvalue weighted by Crippen LogP contribution is -2.24. The first-order chi connectivity index (χ1) is 6.75. The van der Waals surface area contributed by atoms with Crippen molar-refractivity contribution in [3.05, 3.63) is 5.82 Å². The molecular formula is C9H15N5. The van der Waals surface area contributed by atoms with E-state index in [1.807, 2.05) is 7.05 Å². The van der Waals surface area contributed by atoms with E-state index in [-0.39, 0.29) is 6.04 Å². The molecule has 0 aliphatic heterocycles. The van der Waals surface area contributed by atoms with Crippen LogP contribution in [0.4, 0.5) is 0 Å². The molecule has 3 rings (SSSR count). The summed E-state index contributed by atoms with van der Waals surface area (Å²) in [5.41, 5.74) is 6.16. The fourth-order valence-corrected chi connectivity index (χ4v) is 2.78. The van der Waals surface area contributed by atoms with E-state index in [0.29, 0.717) is 5.92 Å². The third kappa shape index (κ3) is 1.15. The number of hydrogen-bond acceptors (Lipinski definition) is 4. The topological polar surface area (TPSA) is 69.6 Å². The van der Waals surface area contributed by atoms with Crippen LogP contribution in [0.15, 0.2) is 0 Å². The molecule has 2 saturated carbocycles. The van der Waals surface area contributed by atoms with Gasteiger partial charge < -0.3 is 5.73 Å². The quantitative estimate of drug-likeness (QED) is 0.731. The van der Waals surface area contributed by atoms with Crippen LogP contribution in [0.2, 0.25) is 0 Å². The zero-order valence-electron chi connectivity index (χ0n) is 8.30. The van der Waals surface area contributed by atoms with Crippen LogP contribution < -0.4 is 5.73 Å². The number of rotatable bonds is 2. The second-order valence-corrected chi connectivity index (χ2v) is 4.67. The van der Waals surface area contributed by atoms with Gasteiger partial charge in [-0.25, -0.2) is 4.68 Å². The maximum absolute atomic E-state index is 6.16. The Bertz CT molecular complexity index is 337. The van der Waals surface area contributed by atoms with Gasteiger partial charge in [0, 0.05) is 7.05 Å². The molecule has 2 fully saturated rings. The molecule has 0 amide bonds. The molecule has 2 N–H and O–H groups in total. The Morgan fingerprint density at radius 3 is 2.64 bits per heavy atom. The molecule has 0 bridgehead atoms. The third-order valence-electron chi connectivity index (χ3n) is 3.74. The van der Waals surface area contributed by atoms with Gasteiger partial charge in [-0.1, -0.05) is 0 Å². The maximum atomic E-state index is 6.16. The molecule has 5 nitrogen and oxygen atoms in total. The van der Waals surface area contributed by atoms with Crippen molar-refractivity contribution in [3.8, 4) is 0 Å². The van der Waals surface area contributed by atoms with Gasteiger partial charge in [-0.15, -0.1) is 5.10 Å². The van der Waals surface area contributed by atoms with Crippen molar-refractivity contribution in [1.29, 1.82) is 0 Å². The molecule has 0 saturated heterocycles. The van der Waals surface area contributed by atoms with Gasteiger partial charge in [0.05, 0.1) is 6.04 Å². The molecule has 3 atom stereocenters. The summed E-state index contributed by atoms with van der Waals surface area (Å²) in [6.07, 6.45) is 3.98. The summed E-state index contributed by atoms with van der Waals surface area (Å²) < 4.78 is 1.69. The van der Waals surface area contributed by atoms with Crippen LogP contribution >= 0.6 is 0 Å². The predicted octanol–water partition coefficient (Wildman–Crippen LogP) is 0.256. The average Bonchev–Trinajstić information content (AvgIpc) is 2.64. The van der Waals surface area contributed by atoms with Gasteiger partial charge >= 0.3 is 0 Å². The van der Waals surface area contributed by atoms with Crippen LogP contribution in [0.25, 0.3) is 0 Å². The lowest BCUT2D eigenvalue weighted by atomic mass is 9.94. The van der Waals surface area contributed by atoms with E-state index in [1.54, 1.807) is 4.68 Å². The van der Waals surface area contributed by atoms with E-state index < -0.39 is 0 Å². The van der Waals surface area contributed by atoms with Crippen LogP contribution in [0, 0.1) is 17.8 Å². The summed E-state index contributed by atoms with van der Waals surface area (Å²) in [4.78, 5) is 0. The van der Waals surface area contributed by atoms with E-state index >= 15 is 0 Å². The largest absolute Gasteiger partial charge is 0.321 e. The number of aromatic nitrogens is 4. The Labute approximate surface area is 82.7 Å². The zero-order valence-corrected chi connectivity index (χ0v) is 8.30. The van der Waals surface area contributed by atoms with E-state index in [4.69, 9.17) is 5.73 Å². The Morgan fingerprint density at radius 2 is 2.07 bits per heavy atom. The van der Waals surface area contributed by atoms with Crippen LogP contribution in [0.3, 0.4) is 0 Å². The highest BCUT2D eigenvalue weighted by Crippen LogP contribution is 2.56.